The number of aliphatic hydroxyl groups excluding tert-OH is 1. The molecule has 4 nitrogen and oxygen atoms in total. The zero-order valence-corrected chi connectivity index (χ0v) is 8.84. The monoisotopic (exact) mass is 219 g/mol. The quantitative estimate of drug-likeness (QED) is 0.735. The van der Waals surface area contributed by atoms with Gasteiger partial charge in [0.2, 0.25) is 0 Å². The summed E-state index contributed by atoms with van der Waals surface area (Å²) >= 11 is 0. The standard InChI is InChI=1S/C12H13NO3/c1-7(14)11(12(15)16)9-6-13-10-5-3-2-4-8(9)10/h2-7,11,13-14H,1H3,(H,15,16)/t7-,11-/m1/s1. The van der Waals surface area contributed by atoms with Gasteiger partial charge >= 0.3 is 5.97 Å². The van der Waals surface area contributed by atoms with Crippen LogP contribution in [0.15, 0.2) is 30.5 Å². The average Bonchev–Trinajstić information content (AvgIpc) is 2.61. The number of aromatic nitrogens is 1. The summed E-state index contributed by atoms with van der Waals surface area (Å²) in [5.41, 5.74) is 1.50. The van der Waals surface area contributed by atoms with E-state index in [9.17, 15) is 9.90 Å². The number of fused-ring (bicyclic) bond motifs is 1. The van der Waals surface area contributed by atoms with Crippen LogP contribution >= 0.6 is 0 Å². The maximum Gasteiger partial charge on any atom is 0.313 e. The number of hydrogen-bond donors (Lipinski definition) is 3. The lowest BCUT2D eigenvalue weighted by molar-refractivity contribution is -0.141. The van der Waals surface area contributed by atoms with Crippen molar-refractivity contribution in [2.24, 2.45) is 0 Å². The van der Waals surface area contributed by atoms with Gasteiger partial charge in [-0.2, -0.15) is 0 Å². The minimum atomic E-state index is -1.01. The maximum absolute atomic E-state index is 11.1. The number of aromatic amines is 1. The number of nitrogens with one attached hydrogen (secondary N) is 1. The molecule has 2 atom stereocenters. The summed E-state index contributed by atoms with van der Waals surface area (Å²) in [5.74, 6) is -1.91. The Kier molecular flexibility index (Phi) is 2.66. The predicted molar refractivity (Wildman–Crippen MR) is 60.4 cm³/mol. The van der Waals surface area contributed by atoms with Crippen LogP contribution in [0.5, 0.6) is 0 Å². The molecule has 0 unspecified atom stereocenters. The molecule has 1 aromatic carbocycles. The molecule has 0 radical (unpaired) electrons. The molecule has 0 saturated heterocycles. The first kappa shape index (κ1) is 10.7. The molecule has 3 N–H and O–H groups in total. The fraction of sp³-hybridized carbons (Fsp3) is 0.250. The molecule has 0 aliphatic carbocycles. The highest BCUT2D eigenvalue weighted by Crippen LogP contribution is 2.28. The number of hydrogen-bond acceptors (Lipinski definition) is 2. The van der Waals surface area contributed by atoms with Crippen molar-refractivity contribution in [3.05, 3.63) is 36.0 Å². The van der Waals surface area contributed by atoms with Crippen molar-refractivity contribution >= 4 is 16.9 Å². The minimum Gasteiger partial charge on any atom is -0.481 e. The Bertz CT molecular complexity index is 516. The number of carboxylic acids is 1. The van der Waals surface area contributed by atoms with Crippen molar-refractivity contribution in [1.29, 1.82) is 0 Å². The Morgan fingerprint density at radius 1 is 1.38 bits per heavy atom. The van der Waals surface area contributed by atoms with Crippen LogP contribution < -0.4 is 0 Å². The van der Waals surface area contributed by atoms with E-state index >= 15 is 0 Å². The van der Waals surface area contributed by atoms with Crippen LogP contribution in [0.4, 0.5) is 0 Å². The van der Waals surface area contributed by atoms with Gasteiger partial charge in [0.1, 0.15) is 5.92 Å². The molecule has 0 spiro atoms. The number of H-pyrrole nitrogens is 1. The number of rotatable bonds is 3. The molecular formula is C12H13NO3. The minimum absolute atomic E-state index is 0.623. The highest BCUT2D eigenvalue weighted by atomic mass is 16.4. The lowest BCUT2D eigenvalue weighted by Gasteiger charge is -2.14. The van der Waals surface area contributed by atoms with Crippen LogP contribution in [0.1, 0.15) is 18.4 Å². The molecule has 4 heteroatoms. The Morgan fingerprint density at radius 3 is 2.69 bits per heavy atom. The summed E-state index contributed by atoms with van der Waals surface area (Å²) in [6.07, 6.45) is 0.729. The van der Waals surface area contributed by atoms with E-state index in [0.29, 0.717) is 5.56 Å². The second kappa shape index (κ2) is 3.98. The summed E-state index contributed by atoms with van der Waals surface area (Å²) in [6.45, 7) is 1.49. The Morgan fingerprint density at radius 2 is 2.06 bits per heavy atom. The molecule has 2 rings (SSSR count). The van der Waals surface area contributed by atoms with Gasteiger partial charge < -0.3 is 15.2 Å². The average molecular weight is 219 g/mol. The number of aliphatic carboxylic acids is 1. The third kappa shape index (κ3) is 1.67. The van der Waals surface area contributed by atoms with E-state index in [1.54, 1.807) is 6.20 Å². The van der Waals surface area contributed by atoms with E-state index in [2.05, 4.69) is 4.98 Å². The fourth-order valence-electron chi connectivity index (χ4n) is 1.95. The van der Waals surface area contributed by atoms with Gasteiger partial charge in [0.25, 0.3) is 0 Å². The molecule has 0 aliphatic rings. The second-order valence-electron chi connectivity index (χ2n) is 3.85. The smallest absolute Gasteiger partial charge is 0.313 e. The van der Waals surface area contributed by atoms with Crippen LogP contribution in [0, 0.1) is 0 Å². The van der Waals surface area contributed by atoms with Crippen molar-refractivity contribution in [1.82, 2.24) is 4.98 Å². The zero-order chi connectivity index (χ0) is 11.7. The molecule has 0 aliphatic heterocycles. The normalized spacial score (nSPS) is 14.9. The van der Waals surface area contributed by atoms with Crippen molar-refractivity contribution in [2.45, 2.75) is 18.9 Å². The van der Waals surface area contributed by atoms with Gasteiger partial charge in [0.15, 0.2) is 0 Å². The van der Waals surface area contributed by atoms with Crippen LogP contribution in [-0.4, -0.2) is 27.3 Å². The summed E-state index contributed by atoms with van der Waals surface area (Å²) in [6, 6.07) is 7.45. The molecule has 1 heterocycles. The molecule has 1 aromatic heterocycles. The molecular weight excluding hydrogens is 206 g/mol. The second-order valence-corrected chi connectivity index (χ2v) is 3.85. The summed E-state index contributed by atoms with van der Waals surface area (Å²) < 4.78 is 0. The van der Waals surface area contributed by atoms with Crippen molar-refractivity contribution < 1.29 is 15.0 Å². The molecule has 2 aromatic rings. The molecule has 0 fully saturated rings. The van der Waals surface area contributed by atoms with E-state index in [1.165, 1.54) is 6.92 Å². The molecule has 0 saturated carbocycles. The lowest BCUT2D eigenvalue weighted by Crippen LogP contribution is -2.23. The maximum atomic E-state index is 11.1. The van der Waals surface area contributed by atoms with Crippen LogP contribution in [0.3, 0.4) is 0 Å². The summed E-state index contributed by atoms with van der Waals surface area (Å²) in [7, 11) is 0. The summed E-state index contributed by atoms with van der Waals surface area (Å²) in [4.78, 5) is 14.1. The first-order valence-corrected chi connectivity index (χ1v) is 5.08. The van der Waals surface area contributed by atoms with Gasteiger partial charge in [-0.25, -0.2) is 0 Å². The topological polar surface area (TPSA) is 73.3 Å². The van der Waals surface area contributed by atoms with Gasteiger partial charge in [0, 0.05) is 17.1 Å². The number of para-hydroxylation sites is 1. The van der Waals surface area contributed by atoms with E-state index in [0.717, 1.165) is 10.9 Å². The number of aliphatic hydroxyl groups is 1. The van der Waals surface area contributed by atoms with E-state index in [-0.39, 0.29) is 0 Å². The Hall–Kier alpha value is -1.81. The molecule has 0 amide bonds. The fourth-order valence-corrected chi connectivity index (χ4v) is 1.95. The number of carbonyl (C=O) groups is 1. The Labute approximate surface area is 92.5 Å². The van der Waals surface area contributed by atoms with Crippen molar-refractivity contribution in [3.63, 3.8) is 0 Å². The largest absolute Gasteiger partial charge is 0.481 e. The third-order valence-corrected chi connectivity index (χ3v) is 2.70. The lowest BCUT2D eigenvalue weighted by atomic mass is 9.94. The van der Waals surface area contributed by atoms with Gasteiger partial charge in [-0.1, -0.05) is 18.2 Å². The van der Waals surface area contributed by atoms with E-state index < -0.39 is 18.0 Å². The van der Waals surface area contributed by atoms with Crippen LogP contribution in [0.25, 0.3) is 10.9 Å². The van der Waals surface area contributed by atoms with Gasteiger partial charge in [-0.3, -0.25) is 4.79 Å². The highest BCUT2D eigenvalue weighted by Gasteiger charge is 2.27. The first-order chi connectivity index (χ1) is 7.61. The van der Waals surface area contributed by atoms with Gasteiger partial charge in [0.05, 0.1) is 6.10 Å². The predicted octanol–water partition coefficient (Wildman–Crippen LogP) is 1.72. The SMILES string of the molecule is C[C@@H](O)[C@@H](C(=O)O)c1c[nH]c2ccccc12. The highest BCUT2D eigenvalue weighted by molar-refractivity contribution is 5.89. The number of benzene rings is 1. The van der Waals surface area contributed by atoms with Gasteiger partial charge in [-0.15, -0.1) is 0 Å². The van der Waals surface area contributed by atoms with Crippen LogP contribution in [0.2, 0.25) is 0 Å². The van der Waals surface area contributed by atoms with Crippen molar-refractivity contribution in [2.75, 3.05) is 0 Å². The summed E-state index contributed by atoms with van der Waals surface area (Å²) in [5, 5.41) is 19.5. The van der Waals surface area contributed by atoms with E-state index in [1.807, 2.05) is 24.3 Å². The van der Waals surface area contributed by atoms with Crippen molar-refractivity contribution in [3.8, 4) is 0 Å². The first-order valence-electron chi connectivity index (χ1n) is 5.08. The van der Waals surface area contributed by atoms with Gasteiger partial charge in [-0.05, 0) is 18.6 Å². The molecule has 16 heavy (non-hydrogen) atoms. The zero-order valence-electron chi connectivity index (χ0n) is 8.84. The number of carboxylic acid groups (broad SMARTS) is 1. The molecule has 0 bridgehead atoms. The molecule has 84 valence electrons. The third-order valence-electron chi connectivity index (χ3n) is 2.70. The van der Waals surface area contributed by atoms with Crippen LogP contribution in [-0.2, 0) is 4.79 Å². The van der Waals surface area contributed by atoms with E-state index in [4.69, 9.17) is 5.11 Å². The Balaban J connectivity index is 2.57.